The average molecular weight is 197 g/mol. The molecule has 0 bridgehead atoms. The van der Waals surface area contributed by atoms with E-state index in [1.54, 1.807) is 4.90 Å². The van der Waals surface area contributed by atoms with Crippen molar-refractivity contribution in [2.24, 2.45) is 5.92 Å². The van der Waals surface area contributed by atoms with Crippen LogP contribution in [0.25, 0.3) is 0 Å². The standard InChI is InChI=1S/C10H15NO3/c12-9(5-10(13)14)11(8-3-4-8)6-7-1-2-7/h7-8H,1-6H2,(H,13,14). The topological polar surface area (TPSA) is 57.6 Å². The number of carboxylic acids is 1. The molecule has 0 aromatic heterocycles. The maximum absolute atomic E-state index is 11.5. The van der Waals surface area contributed by atoms with Crippen LogP contribution in [0, 0.1) is 5.92 Å². The van der Waals surface area contributed by atoms with Crippen molar-refractivity contribution < 1.29 is 14.7 Å². The van der Waals surface area contributed by atoms with Crippen LogP contribution >= 0.6 is 0 Å². The predicted octanol–water partition coefficient (Wildman–Crippen LogP) is 0.862. The molecule has 0 aromatic carbocycles. The zero-order valence-electron chi connectivity index (χ0n) is 8.11. The van der Waals surface area contributed by atoms with Gasteiger partial charge in [0.25, 0.3) is 0 Å². The zero-order valence-corrected chi connectivity index (χ0v) is 8.11. The van der Waals surface area contributed by atoms with E-state index >= 15 is 0 Å². The van der Waals surface area contributed by atoms with Gasteiger partial charge in [-0.2, -0.15) is 0 Å². The van der Waals surface area contributed by atoms with E-state index in [1.165, 1.54) is 12.8 Å². The van der Waals surface area contributed by atoms with Crippen LogP contribution in [0.1, 0.15) is 32.1 Å². The third kappa shape index (κ3) is 2.47. The first-order valence-corrected chi connectivity index (χ1v) is 5.18. The van der Waals surface area contributed by atoms with E-state index in [4.69, 9.17) is 5.11 Å². The molecule has 1 amide bonds. The van der Waals surface area contributed by atoms with Gasteiger partial charge >= 0.3 is 5.97 Å². The first-order valence-electron chi connectivity index (χ1n) is 5.18. The highest BCUT2D eigenvalue weighted by Crippen LogP contribution is 2.35. The number of amides is 1. The molecule has 1 N–H and O–H groups in total. The second-order valence-corrected chi connectivity index (χ2v) is 4.29. The minimum absolute atomic E-state index is 0.202. The summed E-state index contributed by atoms with van der Waals surface area (Å²) >= 11 is 0. The van der Waals surface area contributed by atoms with Gasteiger partial charge in [-0.05, 0) is 31.6 Å². The molecule has 4 heteroatoms. The molecular weight excluding hydrogens is 182 g/mol. The summed E-state index contributed by atoms with van der Waals surface area (Å²) in [6.45, 7) is 0.788. The average Bonchev–Trinajstić information content (AvgIpc) is 2.94. The van der Waals surface area contributed by atoms with Crippen molar-refractivity contribution >= 4 is 11.9 Å². The number of carboxylic acid groups (broad SMARTS) is 1. The fourth-order valence-corrected chi connectivity index (χ4v) is 1.65. The molecule has 78 valence electrons. The van der Waals surface area contributed by atoms with Crippen molar-refractivity contribution in [3.8, 4) is 0 Å². The number of hydrogen-bond donors (Lipinski definition) is 1. The van der Waals surface area contributed by atoms with Gasteiger partial charge in [-0.25, -0.2) is 0 Å². The molecular formula is C10H15NO3. The van der Waals surface area contributed by atoms with Crippen LogP contribution in [0.3, 0.4) is 0 Å². The molecule has 2 aliphatic rings. The van der Waals surface area contributed by atoms with Crippen molar-refractivity contribution in [1.82, 2.24) is 4.90 Å². The van der Waals surface area contributed by atoms with E-state index in [9.17, 15) is 9.59 Å². The molecule has 0 saturated heterocycles. The third-order valence-corrected chi connectivity index (χ3v) is 2.76. The summed E-state index contributed by atoms with van der Waals surface area (Å²) < 4.78 is 0. The van der Waals surface area contributed by atoms with E-state index in [1.807, 2.05) is 0 Å². The molecule has 2 fully saturated rings. The lowest BCUT2D eigenvalue weighted by Gasteiger charge is -2.21. The first-order chi connectivity index (χ1) is 6.66. The molecule has 0 aliphatic heterocycles. The molecule has 0 radical (unpaired) electrons. The summed E-state index contributed by atoms with van der Waals surface area (Å²) in [6.07, 6.45) is 4.16. The van der Waals surface area contributed by atoms with Gasteiger partial charge in [-0.1, -0.05) is 0 Å². The first kappa shape index (κ1) is 9.49. The van der Waals surface area contributed by atoms with E-state index in [2.05, 4.69) is 0 Å². The van der Waals surface area contributed by atoms with Crippen LogP contribution in [0.5, 0.6) is 0 Å². The Morgan fingerprint density at radius 1 is 1.21 bits per heavy atom. The van der Waals surface area contributed by atoms with E-state index in [0.717, 1.165) is 19.4 Å². The second-order valence-electron chi connectivity index (χ2n) is 4.29. The number of nitrogens with zero attached hydrogens (tertiary/aromatic N) is 1. The van der Waals surface area contributed by atoms with E-state index in [0.29, 0.717) is 12.0 Å². The summed E-state index contributed by atoms with van der Waals surface area (Å²) in [7, 11) is 0. The molecule has 2 rings (SSSR count). The minimum atomic E-state index is -1.02. The SMILES string of the molecule is O=C(O)CC(=O)N(CC1CC1)C1CC1. The lowest BCUT2D eigenvalue weighted by molar-refractivity contribution is -0.144. The van der Waals surface area contributed by atoms with Crippen molar-refractivity contribution in [3.05, 3.63) is 0 Å². The second kappa shape index (κ2) is 3.59. The van der Waals surface area contributed by atoms with Crippen LogP contribution in [0.2, 0.25) is 0 Å². The van der Waals surface area contributed by atoms with Gasteiger partial charge in [0.1, 0.15) is 6.42 Å². The molecule has 14 heavy (non-hydrogen) atoms. The normalized spacial score (nSPS) is 20.6. The Kier molecular flexibility index (Phi) is 2.44. The Bertz CT molecular complexity index is 256. The summed E-state index contributed by atoms with van der Waals surface area (Å²) in [5.74, 6) is -0.573. The highest BCUT2D eigenvalue weighted by molar-refractivity contribution is 5.93. The van der Waals surface area contributed by atoms with E-state index in [-0.39, 0.29) is 12.3 Å². The minimum Gasteiger partial charge on any atom is -0.481 e. The Hall–Kier alpha value is -1.06. The van der Waals surface area contributed by atoms with Crippen molar-refractivity contribution in [2.45, 2.75) is 38.1 Å². The molecule has 0 atom stereocenters. The summed E-state index contributed by atoms with van der Waals surface area (Å²) in [6, 6.07) is 0.349. The Balaban J connectivity index is 1.87. The lowest BCUT2D eigenvalue weighted by atomic mass is 10.3. The van der Waals surface area contributed by atoms with Crippen LogP contribution in [0.4, 0.5) is 0 Å². The van der Waals surface area contributed by atoms with Crippen LogP contribution in [-0.4, -0.2) is 34.5 Å². The Labute approximate surface area is 82.9 Å². The number of aliphatic carboxylic acids is 1. The van der Waals surface area contributed by atoms with Gasteiger partial charge < -0.3 is 10.0 Å². The van der Waals surface area contributed by atoms with Crippen LogP contribution in [0.15, 0.2) is 0 Å². The number of carbonyl (C=O) groups excluding carboxylic acids is 1. The molecule has 0 unspecified atom stereocenters. The Morgan fingerprint density at radius 2 is 1.86 bits per heavy atom. The predicted molar refractivity (Wildman–Crippen MR) is 49.7 cm³/mol. The summed E-state index contributed by atoms with van der Waals surface area (Å²) in [4.78, 5) is 23.7. The van der Waals surface area contributed by atoms with Crippen LogP contribution < -0.4 is 0 Å². The van der Waals surface area contributed by atoms with Gasteiger partial charge in [-0.15, -0.1) is 0 Å². The smallest absolute Gasteiger partial charge is 0.312 e. The van der Waals surface area contributed by atoms with Gasteiger partial charge in [0.05, 0.1) is 0 Å². The Morgan fingerprint density at radius 3 is 2.29 bits per heavy atom. The highest BCUT2D eigenvalue weighted by atomic mass is 16.4. The van der Waals surface area contributed by atoms with Gasteiger partial charge in [0.15, 0.2) is 0 Å². The third-order valence-electron chi connectivity index (χ3n) is 2.76. The lowest BCUT2D eigenvalue weighted by Crippen LogP contribution is -2.36. The molecule has 2 saturated carbocycles. The van der Waals surface area contributed by atoms with Crippen molar-refractivity contribution in [2.75, 3.05) is 6.54 Å². The molecule has 0 aromatic rings. The molecule has 0 spiro atoms. The molecule has 0 heterocycles. The van der Waals surface area contributed by atoms with Gasteiger partial charge in [-0.3, -0.25) is 9.59 Å². The number of carbonyl (C=O) groups is 2. The fraction of sp³-hybridized carbons (Fsp3) is 0.800. The fourth-order valence-electron chi connectivity index (χ4n) is 1.65. The van der Waals surface area contributed by atoms with Crippen molar-refractivity contribution in [3.63, 3.8) is 0 Å². The number of rotatable bonds is 5. The summed E-state index contributed by atoms with van der Waals surface area (Å²) in [5.41, 5.74) is 0. The zero-order chi connectivity index (χ0) is 10.1. The quantitative estimate of drug-likeness (QED) is 0.665. The molecule has 4 nitrogen and oxygen atoms in total. The van der Waals surface area contributed by atoms with Gasteiger partial charge in [0, 0.05) is 12.6 Å². The number of hydrogen-bond acceptors (Lipinski definition) is 2. The highest BCUT2D eigenvalue weighted by Gasteiger charge is 2.36. The van der Waals surface area contributed by atoms with Gasteiger partial charge in [0.2, 0.25) is 5.91 Å². The van der Waals surface area contributed by atoms with E-state index < -0.39 is 5.97 Å². The van der Waals surface area contributed by atoms with Crippen LogP contribution in [-0.2, 0) is 9.59 Å². The maximum Gasteiger partial charge on any atom is 0.312 e. The summed E-state index contributed by atoms with van der Waals surface area (Å²) in [5, 5.41) is 8.54. The monoisotopic (exact) mass is 197 g/mol. The molecule has 2 aliphatic carbocycles. The van der Waals surface area contributed by atoms with Crippen molar-refractivity contribution in [1.29, 1.82) is 0 Å². The largest absolute Gasteiger partial charge is 0.481 e. The maximum atomic E-state index is 11.5.